The Balaban J connectivity index is 1.59. The molecule has 34 heavy (non-hydrogen) atoms. The van der Waals surface area contributed by atoms with E-state index >= 15 is 0 Å². The van der Waals surface area contributed by atoms with Crippen molar-refractivity contribution in [3.05, 3.63) is 59.7 Å². The van der Waals surface area contributed by atoms with Gasteiger partial charge in [0.1, 0.15) is 17.5 Å². The number of hydrogen-bond acceptors (Lipinski definition) is 4. The van der Waals surface area contributed by atoms with Gasteiger partial charge >= 0.3 is 0 Å². The van der Waals surface area contributed by atoms with Crippen LogP contribution in [0.15, 0.2) is 48.5 Å². The third-order valence-electron chi connectivity index (χ3n) is 6.58. The summed E-state index contributed by atoms with van der Waals surface area (Å²) in [6.45, 7) is 4.72. The zero-order valence-electron chi connectivity index (χ0n) is 20.7. The molecule has 1 atom stereocenters. The fourth-order valence-electron chi connectivity index (χ4n) is 4.35. The van der Waals surface area contributed by atoms with Gasteiger partial charge in [-0.25, -0.2) is 0 Å². The molecule has 1 unspecified atom stereocenters. The largest absolute Gasteiger partial charge is 0.497 e. The first-order valence-corrected chi connectivity index (χ1v) is 12.4. The molecule has 1 N–H and O–H groups in total. The number of rotatable bonds is 11. The molecule has 1 aliphatic carbocycles. The van der Waals surface area contributed by atoms with Gasteiger partial charge in [-0.2, -0.15) is 0 Å². The van der Waals surface area contributed by atoms with Crippen molar-refractivity contribution in [2.24, 2.45) is 0 Å². The SMILES string of the molecule is COc1ccc(OCCCC(=O)N(Cc2ccccc2C)C(C)C(=O)NC2CCCCC2)cc1. The Hall–Kier alpha value is -3.02. The molecule has 1 fully saturated rings. The Labute approximate surface area is 203 Å². The van der Waals surface area contributed by atoms with E-state index in [0.29, 0.717) is 26.0 Å². The second-order valence-electron chi connectivity index (χ2n) is 9.10. The average Bonchev–Trinajstić information content (AvgIpc) is 2.86. The van der Waals surface area contributed by atoms with Crippen LogP contribution >= 0.6 is 0 Å². The van der Waals surface area contributed by atoms with Crippen LogP contribution in [0.4, 0.5) is 0 Å². The first-order chi connectivity index (χ1) is 16.5. The molecule has 0 aliphatic heterocycles. The summed E-state index contributed by atoms with van der Waals surface area (Å²) in [5.41, 5.74) is 2.17. The Bertz CT molecular complexity index is 922. The molecule has 0 spiro atoms. The van der Waals surface area contributed by atoms with E-state index in [-0.39, 0.29) is 17.9 Å². The Morgan fingerprint density at radius 2 is 1.71 bits per heavy atom. The van der Waals surface area contributed by atoms with E-state index in [1.807, 2.05) is 62.4 Å². The van der Waals surface area contributed by atoms with Crippen molar-refractivity contribution >= 4 is 11.8 Å². The molecular weight excluding hydrogens is 428 g/mol. The van der Waals surface area contributed by atoms with Crippen LogP contribution in [0.2, 0.25) is 0 Å². The van der Waals surface area contributed by atoms with Crippen LogP contribution < -0.4 is 14.8 Å². The molecule has 2 aromatic carbocycles. The van der Waals surface area contributed by atoms with Crippen molar-refractivity contribution in [3.63, 3.8) is 0 Å². The lowest BCUT2D eigenvalue weighted by molar-refractivity contribution is -0.141. The van der Waals surface area contributed by atoms with Crippen molar-refractivity contribution in [3.8, 4) is 11.5 Å². The minimum Gasteiger partial charge on any atom is -0.497 e. The smallest absolute Gasteiger partial charge is 0.242 e. The van der Waals surface area contributed by atoms with Crippen molar-refractivity contribution in [2.75, 3.05) is 13.7 Å². The lowest BCUT2D eigenvalue weighted by Crippen LogP contribution is -2.50. The minimum absolute atomic E-state index is 0.0344. The number of ether oxygens (including phenoxy) is 2. The van der Waals surface area contributed by atoms with Crippen LogP contribution in [-0.4, -0.2) is 42.5 Å². The molecule has 0 saturated heterocycles. The van der Waals surface area contributed by atoms with Crippen LogP contribution in [0, 0.1) is 6.92 Å². The highest BCUT2D eigenvalue weighted by Crippen LogP contribution is 2.20. The van der Waals surface area contributed by atoms with Crippen LogP contribution in [0.3, 0.4) is 0 Å². The van der Waals surface area contributed by atoms with E-state index in [0.717, 1.165) is 48.3 Å². The molecule has 6 heteroatoms. The fourth-order valence-corrected chi connectivity index (χ4v) is 4.35. The molecule has 0 bridgehead atoms. The second kappa shape index (κ2) is 13.0. The van der Waals surface area contributed by atoms with Gasteiger partial charge in [0.25, 0.3) is 0 Å². The summed E-state index contributed by atoms with van der Waals surface area (Å²) in [7, 11) is 1.63. The number of nitrogens with zero attached hydrogens (tertiary/aromatic N) is 1. The number of benzene rings is 2. The number of hydrogen-bond donors (Lipinski definition) is 1. The predicted octanol–water partition coefficient (Wildman–Crippen LogP) is 5.03. The van der Waals surface area contributed by atoms with Crippen molar-refractivity contribution in [1.29, 1.82) is 0 Å². The first-order valence-electron chi connectivity index (χ1n) is 12.4. The number of methoxy groups -OCH3 is 1. The topological polar surface area (TPSA) is 67.9 Å². The summed E-state index contributed by atoms with van der Waals surface area (Å²) in [6.07, 6.45) is 6.48. The maximum Gasteiger partial charge on any atom is 0.242 e. The molecule has 184 valence electrons. The second-order valence-corrected chi connectivity index (χ2v) is 9.10. The highest BCUT2D eigenvalue weighted by atomic mass is 16.5. The van der Waals surface area contributed by atoms with E-state index in [1.165, 1.54) is 6.42 Å². The summed E-state index contributed by atoms with van der Waals surface area (Å²) >= 11 is 0. The van der Waals surface area contributed by atoms with Crippen molar-refractivity contribution in [2.45, 2.75) is 77.4 Å². The molecule has 1 aliphatic rings. The van der Waals surface area contributed by atoms with Gasteiger partial charge in [-0.05, 0) is 68.5 Å². The van der Waals surface area contributed by atoms with Gasteiger partial charge in [-0.1, -0.05) is 43.5 Å². The molecule has 3 rings (SSSR count). The van der Waals surface area contributed by atoms with Gasteiger partial charge in [-0.15, -0.1) is 0 Å². The number of carbonyl (C=O) groups excluding carboxylic acids is 2. The fraction of sp³-hybridized carbons (Fsp3) is 0.500. The predicted molar refractivity (Wildman–Crippen MR) is 134 cm³/mol. The minimum atomic E-state index is -0.531. The lowest BCUT2D eigenvalue weighted by Gasteiger charge is -2.31. The maximum atomic E-state index is 13.3. The van der Waals surface area contributed by atoms with Gasteiger partial charge in [0, 0.05) is 19.0 Å². The zero-order chi connectivity index (χ0) is 24.3. The number of carbonyl (C=O) groups is 2. The maximum absolute atomic E-state index is 13.3. The monoisotopic (exact) mass is 466 g/mol. The molecule has 6 nitrogen and oxygen atoms in total. The quantitative estimate of drug-likeness (QED) is 0.472. The number of nitrogens with one attached hydrogen (secondary N) is 1. The highest BCUT2D eigenvalue weighted by molar-refractivity contribution is 5.87. The number of aryl methyl sites for hydroxylation is 1. The molecule has 0 heterocycles. The van der Waals surface area contributed by atoms with Gasteiger partial charge < -0.3 is 19.7 Å². The van der Waals surface area contributed by atoms with Crippen molar-refractivity contribution < 1.29 is 19.1 Å². The summed E-state index contributed by atoms with van der Waals surface area (Å²) in [6, 6.07) is 15.1. The number of amides is 2. The summed E-state index contributed by atoms with van der Waals surface area (Å²) in [4.78, 5) is 28.0. The molecule has 0 radical (unpaired) electrons. The third kappa shape index (κ3) is 7.51. The molecule has 1 saturated carbocycles. The Kier molecular flexibility index (Phi) is 9.80. The van der Waals surface area contributed by atoms with Crippen LogP contribution in [-0.2, 0) is 16.1 Å². The first kappa shape index (κ1) is 25.6. The van der Waals surface area contributed by atoms with E-state index in [2.05, 4.69) is 5.32 Å². The normalized spacial score (nSPS) is 14.8. The van der Waals surface area contributed by atoms with E-state index in [1.54, 1.807) is 12.0 Å². The highest BCUT2D eigenvalue weighted by Gasteiger charge is 2.28. The van der Waals surface area contributed by atoms with Gasteiger partial charge in [0.15, 0.2) is 0 Å². The average molecular weight is 467 g/mol. The van der Waals surface area contributed by atoms with E-state index in [4.69, 9.17) is 9.47 Å². The standard InChI is InChI=1S/C28H38N2O4/c1-21-10-7-8-11-23(21)20-30(22(2)28(32)29-24-12-5-4-6-13-24)27(31)14-9-19-34-26-17-15-25(33-3)16-18-26/h7-8,10-11,15-18,22,24H,4-6,9,12-14,19-20H2,1-3H3,(H,29,32). The van der Waals surface area contributed by atoms with Gasteiger partial charge in [0.05, 0.1) is 13.7 Å². The molecule has 2 amide bonds. The molecule has 0 aromatic heterocycles. The summed E-state index contributed by atoms with van der Waals surface area (Å²) in [5.74, 6) is 1.41. The Morgan fingerprint density at radius 1 is 1.03 bits per heavy atom. The molecular formula is C28H38N2O4. The zero-order valence-corrected chi connectivity index (χ0v) is 20.7. The third-order valence-corrected chi connectivity index (χ3v) is 6.58. The molecule has 2 aromatic rings. The van der Waals surface area contributed by atoms with E-state index < -0.39 is 6.04 Å². The van der Waals surface area contributed by atoms with Crippen LogP contribution in [0.25, 0.3) is 0 Å². The van der Waals surface area contributed by atoms with Crippen LogP contribution in [0.5, 0.6) is 11.5 Å². The summed E-state index contributed by atoms with van der Waals surface area (Å²) < 4.78 is 10.9. The summed E-state index contributed by atoms with van der Waals surface area (Å²) in [5, 5.41) is 3.18. The van der Waals surface area contributed by atoms with Crippen LogP contribution in [0.1, 0.15) is 63.0 Å². The Morgan fingerprint density at radius 3 is 2.38 bits per heavy atom. The lowest BCUT2D eigenvalue weighted by atomic mass is 9.95. The van der Waals surface area contributed by atoms with Gasteiger partial charge in [0.2, 0.25) is 11.8 Å². The van der Waals surface area contributed by atoms with Crippen molar-refractivity contribution in [1.82, 2.24) is 10.2 Å². The van der Waals surface area contributed by atoms with E-state index in [9.17, 15) is 9.59 Å². The van der Waals surface area contributed by atoms with Gasteiger partial charge in [-0.3, -0.25) is 9.59 Å².